The fourth-order valence-corrected chi connectivity index (χ4v) is 5.37. The van der Waals surface area contributed by atoms with Gasteiger partial charge in [0.2, 0.25) is 0 Å². The monoisotopic (exact) mass is 719 g/mol. The van der Waals surface area contributed by atoms with Crippen LogP contribution in [-0.4, -0.2) is 138 Å². The SMILES string of the molecule is CCCCCCOCCOCCOCCOCCOCCOCCOCCOCCOCCNC(=O)OCC1c2ccccc2-c2ccccc21. The van der Waals surface area contributed by atoms with Gasteiger partial charge in [-0.3, -0.25) is 0 Å². The number of alkyl carbamates (subject to hydrolysis) is 1. The van der Waals surface area contributed by atoms with Crippen molar-refractivity contribution in [2.24, 2.45) is 0 Å². The van der Waals surface area contributed by atoms with Crippen LogP contribution in [0.4, 0.5) is 4.79 Å². The van der Waals surface area contributed by atoms with E-state index >= 15 is 0 Å². The van der Waals surface area contributed by atoms with Crippen LogP contribution in [0, 0.1) is 0 Å². The molecule has 0 saturated carbocycles. The number of amides is 1. The molecule has 0 unspecified atom stereocenters. The van der Waals surface area contributed by atoms with Gasteiger partial charge in [-0.05, 0) is 28.7 Å². The van der Waals surface area contributed by atoms with E-state index in [0.717, 1.165) is 13.0 Å². The molecular weight excluding hydrogens is 658 g/mol. The van der Waals surface area contributed by atoms with Crippen molar-refractivity contribution in [2.45, 2.75) is 38.5 Å². The molecule has 12 nitrogen and oxygen atoms in total. The van der Waals surface area contributed by atoms with Gasteiger partial charge in [0.25, 0.3) is 0 Å². The Morgan fingerprint density at radius 3 is 1.27 bits per heavy atom. The normalized spacial score (nSPS) is 12.3. The second-order valence-electron chi connectivity index (χ2n) is 11.8. The van der Waals surface area contributed by atoms with E-state index in [-0.39, 0.29) is 5.92 Å². The van der Waals surface area contributed by atoms with E-state index in [4.69, 9.17) is 47.4 Å². The van der Waals surface area contributed by atoms with Gasteiger partial charge in [0.1, 0.15) is 6.61 Å². The van der Waals surface area contributed by atoms with Gasteiger partial charge in [0.05, 0.1) is 112 Å². The van der Waals surface area contributed by atoms with Crippen LogP contribution < -0.4 is 5.32 Å². The molecule has 1 aliphatic carbocycles. The lowest BCUT2D eigenvalue weighted by atomic mass is 9.98. The third kappa shape index (κ3) is 19.7. The van der Waals surface area contributed by atoms with E-state index in [1.807, 2.05) is 24.3 Å². The third-order valence-electron chi connectivity index (χ3n) is 7.98. The topological polar surface area (TPSA) is 121 Å². The molecule has 1 amide bonds. The van der Waals surface area contributed by atoms with E-state index in [9.17, 15) is 4.79 Å². The van der Waals surface area contributed by atoms with E-state index < -0.39 is 6.09 Å². The van der Waals surface area contributed by atoms with Gasteiger partial charge in [-0.1, -0.05) is 74.7 Å². The fourth-order valence-electron chi connectivity index (χ4n) is 5.37. The average Bonchev–Trinajstić information content (AvgIpc) is 3.48. The van der Waals surface area contributed by atoms with Gasteiger partial charge in [-0.2, -0.15) is 0 Å². The average molecular weight is 720 g/mol. The van der Waals surface area contributed by atoms with Gasteiger partial charge in [0, 0.05) is 19.1 Å². The number of hydrogen-bond acceptors (Lipinski definition) is 11. The van der Waals surface area contributed by atoms with Crippen molar-refractivity contribution in [1.82, 2.24) is 5.32 Å². The lowest BCUT2D eigenvalue weighted by Crippen LogP contribution is -2.29. The van der Waals surface area contributed by atoms with Crippen LogP contribution in [-0.2, 0) is 47.4 Å². The summed E-state index contributed by atoms with van der Waals surface area (Å²) in [6.45, 7) is 12.3. The second kappa shape index (κ2) is 29.9. The molecule has 288 valence electrons. The van der Waals surface area contributed by atoms with Gasteiger partial charge in [-0.25, -0.2) is 4.79 Å². The Kier molecular flexibility index (Phi) is 25.0. The minimum absolute atomic E-state index is 0.0407. The Hall–Kier alpha value is -2.65. The number of ether oxygens (including phenoxy) is 10. The number of fused-ring (bicyclic) bond motifs is 3. The van der Waals surface area contributed by atoms with E-state index in [1.54, 1.807) is 0 Å². The molecule has 2 aromatic carbocycles. The van der Waals surface area contributed by atoms with Crippen LogP contribution in [0.15, 0.2) is 48.5 Å². The van der Waals surface area contributed by atoms with Crippen molar-refractivity contribution in [3.63, 3.8) is 0 Å². The van der Waals surface area contributed by atoms with Crippen LogP contribution in [0.5, 0.6) is 0 Å². The molecule has 0 bridgehead atoms. The maximum absolute atomic E-state index is 12.2. The van der Waals surface area contributed by atoms with Crippen molar-refractivity contribution in [3.8, 4) is 11.1 Å². The van der Waals surface area contributed by atoms with Crippen molar-refractivity contribution >= 4 is 6.09 Å². The molecule has 0 radical (unpaired) electrons. The number of unbranched alkanes of at least 4 members (excludes halogenated alkanes) is 3. The first-order valence-electron chi connectivity index (χ1n) is 18.6. The quantitative estimate of drug-likeness (QED) is 0.0955. The van der Waals surface area contributed by atoms with Crippen LogP contribution >= 0.6 is 0 Å². The molecule has 2 aromatic rings. The predicted octanol–water partition coefficient (Wildman–Crippen LogP) is 5.25. The molecule has 0 fully saturated rings. The fraction of sp³-hybridized carbons (Fsp3) is 0.667. The highest BCUT2D eigenvalue weighted by atomic mass is 16.6. The summed E-state index contributed by atoms with van der Waals surface area (Å²) in [5.74, 6) is 0.0407. The maximum atomic E-state index is 12.2. The zero-order valence-corrected chi connectivity index (χ0v) is 30.7. The maximum Gasteiger partial charge on any atom is 0.407 e. The first-order valence-corrected chi connectivity index (χ1v) is 18.6. The molecule has 0 atom stereocenters. The Labute approximate surface area is 304 Å². The Morgan fingerprint density at radius 1 is 0.490 bits per heavy atom. The number of carbonyl (C=O) groups excluding carboxylic acids is 1. The van der Waals surface area contributed by atoms with E-state index in [1.165, 1.54) is 41.5 Å². The molecule has 12 heteroatoms. The molecule has 0 aliphatic heterocycles. The smallest absolute Gasteiger partial charge is 0.407 e. The number of nitrogens with one attached hydrogen (secondary N) is 1. The zero-order valence-electron chi connectivity index (χ0n) is 30.7. The summed E-state index contributed by atoms with van der Waals surface area (Å²) in [4.78, 5) is 12.2. The summed E-state index contributed by atoms with van der Waals surface area (Å²) in [5, 5.41) is 2.75. The number of benzene rings is 2. The lowest BCUT2D eigenvalue weighted by molar-refractivity contribution is -0.0249. The van der Waals surface area contributed by atoms with Crippen molar-refractivity contribution in [3.05, 3.63) is 59.7 Å². The van der Waals surface area contributed by atoms with Crippen LogP contribution in [0.2, 0.25) is 0 Å². The number of rotatable bonds is 34. The van der Waals surface area contributed by atoms with Gasteiger partial charge in [0.15, 0.2) is 0 Å². The molecular formula is C39H61NO11. The summed E-state index contributed by atoms with van der Waals surface area (Å²) in [7, 11) is 0. The summed E-state index contributed by atoms with van der Waals surface area (Å²) in [6, 6.07) is 16.5. The van der Waals surface area contributed by atoms with Crippen molar-refractivity contribution in [1.29, 1.82) is 0 Å². The summed E-state index contributed by atoms with van der Waals surface area (Å²) < 4.78 is 55.1. The largest absolute Gasteiger partial charge is 0.449 e. The standard InChI is InChI=1S/C39H61NO11/c1-2-3-4-9-15-42-17-19-44-21-23-46-25-27-48-29-31-50-32-30-49-28-26-47-24-22-45-20-18-43-16-14-40-39(41)51-33-38-36-12-7-5-10-34(36)35-11-6-8-13-37(35)38/h5-8,10-13,38H,2-4,9,14-33H2,1H3,(H,40,41). The van der Waals surface area contributed by atoms with Gasteiger partial charge in [-0.15, -0.1) is 0 Å². The first kappa shape index (κ1) is 42.8. The van der Waals surface area contributed by atoms with E-state index in [2.05, 4.69) is 36.5 Å². The van der Waals surface area contributed by atoms with Crippen LogP contribution in [0.25, 0.3) is 11.1 Å². The van der Waals surface area contributed by atoms with Crippen molar-refractivity contribution in [2.75, 3.05) is 132 Å². The van der Waals surface area contributed by atoms with Crippen molar-refractivity contribution < 1.29 is 52.2 Å². The number of carbonyl (C=O) groups is 1. The molecule has 3 rings (SSSR count). The third-order valence-corrected chi connectivity index (χ3v) is 7.98. The summed E-state index contributed by atoms with van der Waals surface area (Å²) in [6.07, 6.45) is 4.43. The highest BCUT2D eigenvalue weighted by molar-refractivity contribution is 5.79. The first-order chi connectivity index (χ1) is 25.3. The highest BCUT2D eigenvalue weighted by Gasteiger charge is 2.28. The van der Waals surface area contributed by atoms with Crippen LogP contribution in [0.3, 0.4) is 0 Å². The summed E-state index contributed by atoms with van der Waals surface area (Å²) >= 11 is 0. The molecule has 0 spiro atoms. The second-order valence-corrected chi connectivity index (χ2v) is 11.8. The molecule has 51 heavy (non-hydrogen) atoms. The molecule has 1 aliphatic rings. The lowest BCUT2D eigenvalue weighted by Gasteiger charge is -2.14. The zero-order chi connectivity index (χ0) is 35.9. The Bertz CT molecular complexity index is 1090. The summed E-state index contributed by atoms with van der Waals surface area (Å²) in [5.41, 5.74) is 4.78. The molecule has 0 saturated heterocycles. The molecule has 0 heterocycles. The Balaban J connectivity index is 0.965. The Morgan fingerprint density at radius 2 is 0.863 bits per heavy atom. The molecule has 0 aromatic heterocycles. The highest BCUT2D eigenvalue weighted by Crippen LogP contribution is 2.44. The predicted molar refractivity (Wildman–Crippen MR) is 195 cm³/mol. The van der Waals surface area contributed by atoms with Gasteiger partial charge < -0.3 is 52.7 Å². The minimum atomic E-state index is -0.448. The van der Waals surface area contributed by atoms with Gasteiger partial charge >= 0.3 is 6.09 Å². The minimum Gasteiger partial charge on any atom is -0.449 e. The molecule has 1 N–H and O–H groups in total. The number of hydrogen-bond donors (Lipinski definition) is 1. The van der Waals surface area contributed by atoms with E-state index in [0.29, 0.717) is 125 Å². The van der Waals surface area contributed by atoms with Crippen LogP contribution in [0.1, 0.15) is 49.7 Å².